The molecule has 2 aromatic rings. The van der Waals surface area contributed by atoms with Gasteiger partial charge in [0.2, 0.25) is 0 Å². The standard InChI is InChI=1S/C13H9ClF2OS/c14-10-2-1-3-12(9(10)7-17)18-13-6-8(15)4-5-11(13)16/h1-6,17H,7H2. The average molecular weight is 287 g/mol. The Balaban J connectivity index is 2.40. The summed E-state index contributed by atoms with van der Waals surface area (Å²) in [5.41, 5.74) is 0.507. The number of halogens is 3. The van der Waals surface area contributed by atoms with E-state index in [-0.39, 0.29) is 11.5 Å². The third-order valence-corrected chi connectivity index (χ3v) is 3.84. The molecule has 2 aromatic carbocycles. The van der Waals surface area contributed by atoms with E-state index in [1.807, 2.05) is 0 Å². The third kappa shape index (κ3) is 2.83. The summed E-state index contributed by atoms with van der Waals surface area (Å²) in [5, 5.41) is 9.64. The van der Waals surface area contributed by atoms with Gasteiger partial charge >= 0.3 is 0 Å². The van der Waals surface area contributed by atoms with Crippen LogP contribution in [0, 0.1) is 11.6 Å². The lowest BCUT2D eigenvalue weighted by Gasteiger charge is -2.09. The zero-order valence-electron chi connectivity index (χ0n) is 9.16. The van der Waals surface area contributed by atoms with Crippen molar-refractivity contribution in [2.24, 2.45) is 0 Å². The van der Waals surface area contributed by atoms with Gasteiger partial charge in [0.25, 0.3) is 0 Å². The number of rotatable bonds is 3. The molecule has 5 heteroatoms. The van der Waals surface area contributed by atoms with E-state index in [0.717, 1.165) is 30.0 Å². The van der Waals surface area contributed by atoms with E-state index in [2.05, 4.69) is 0 Å². The second-order valence-corrected chi connectivity index (χ2v) is 5.04. The van der Waals surface area contributed by atoms with Crippen molar-refractivity contribution in [2.75, 3.05) is 0 Å². The van der Waals surface area contributed by atoms with Gasteiger partial charge in [-0.15, -0.1) is 0 Å². The summed E-state index contributed by atoms with van der Waals surface area (Å²) in [6.07, 6.45) is 0. The zero-order chi connectivity index (χ0) is 13.1. The Bertz CT molecular complexity index is 575. The van der Waals surface area contributed by atoms with Gasteiger partial charge in [-0.1, -0.05) is 29.4 Å². The lowest BCUT2D eigenvalue weighted by molar-refractivity contribution is 0.279. The molecule has 0 bridgehead atoms. The van der Waals surface area contributed by atoms with Gasteiger partial charge in [0.05, 0.1) is 11.5 Å². The van der Waals surface area contributed by atoms with E-state index in [1.165, 1.54) is 0 Å². The highest BCUT2D eigenvalue weighted by atomic mass is 35.5. The Morgan fingerprint density at radius 1 is 1.11 bits per heavy atom. The predicted molar refractivity (Wildman–Crippen MR) is 67.9 cm³/mol. The fraction of sp³-hybridized carbons (Fsp3) is 0.0769. The Kier molecular flexibility index (Phi) is 4.22. The van der Waals surface area contributed by atoms with Crippen LogP contribution in [-0.2, 0) is 6.61 Å². The highest BCUT2D eigenvalue weighted by Crippen LogP contribution is 2.35. The van der Waals surface area contributed by atoms with Crippen LogP contribution < -0.4 is 0 Å². The molecule has 0 saturated heterocycles. The summed E-state index contributed by atoms with van der Waals surface area (Å²) in [5.74, 6) is -1.02. The number of aliphatic hydroxyl groups excluding tert-OH is 1. The van der Waals surface area contributed by atoms with Crippen LogP contribution in [0.1, 0.15) is 5.56 Å². The van der Waals surface area contributed by atoms with E-state index in [1.54, 1.807) is 18.2 Å². The molecule has 2 rings (SSSR count). The highest BCUT2D eigenvalue weighted by Gasteiger charge is 2.11. The minimum Gasteiger partial charge on any atom is -0.392 e. The summed E-state index contributed by atoms with van der Waals surface area (Å²) in [6.45, 7) is -0.251. The molecule has 0 saturated carbocycles. The second kappa shape index (κ2) is 5.69. The van der Waals surface area contributed by atoms with Crippen molar-refractivity contribution in [3.8, 4) is 0 Å². The van der Waals surface area contributed by atoms with Gasteiger partial charge in [0, 0.05) is 15.5 Å². The van der Waals surface area contributed by atoms with E-state index in [0.29, 0.717) is 15.5 Å². The van der Waals surface area contributed by atoms with Crippen LogP contribution in [0.2, 0.25) is 5.02 Å². The monoisotopic (exact) mass is 286 g/mol. The Hall–Kier alpha value is -1.10. The van der Waals surface area contributed by atoms with E-state index in [4.69, 9.17) is 11.6 Å². The first kappa shape index (κ1) is 13.3. The molecule has 0 aliphatic carbocycles. The minimum atomic E-state index is -0.509. The van der Waals surface area contributed by atoms with Gasteiger partial charge in [-0.25, -0.2) is 8.78 Å². The normalized spacial score (nSPS) is 10.7. The molecule has 0 fully saturated rings. The summed E-state index contributed by atoms with van der Waals surface area (Å²) < 4.78 is 26.6. The fourth-order valence-corrected chi connectivity index (χ4v) is 2.77. The molecule has 1 nitrogen and oxygen atoms in total. The zero-order valence-corrected chi connectivity index (χ0v) is 10.7. The van der Waals surface area contributed by atoms with Crippen molar-refractivity contribution in [3.63, 3.8) is 0 Å². The van der Waals surface area contributed by atoms with Crippen molar-refractivity contribution in [3.05, 3.63) is 58.6 Å². The molecule has 0 aromatic heterocycles. The summed E-state index contributed by atoms with van der Waals surface area (Å²) in [4.78, 5) is 0.765. The number of hydrogen-bond donors (Lipinski definition) is 1. The van der Waals surface area contributed by atoms with E-state index >= 15 is 0 Å². The molecule has 0 heterocycles. The quantitative estimate of drug-likeness (QED) is 0.910. The summed E-state index contributed by atoms with van der Waals surface area (Å²) in [7, 11) is 0. The maximum Gasteiger partial charge on any atom is 0.137 e. The molecule has 0 amide bonds. The van der Waals surface area contributed by atoms with Gasteiger partial charge in [0.1, 0.15) is 11.6 Å². The molecule has 1 N–H and O–H groups in total. The van der Waals surface area contributed by atoms with Gasteiger partial charge in [-0.3, -0.25) is 0 Å². The van der Waals surface area contributed by atoms with Crippen LogP contribution in [-0.4, -0.2) is 5.11 Å². The van der Waals surface area contributed by atoms with Gasteiger partial charge < -0.3 is 5.11 Å². The highest BCUT2D eigenvalue weighted by molar-refractivity contribution is 7.99. The molecule has 0 unspecified atom stereocenters. The topological polar surface area (TPSA) is 20.2 Å². The SMILES string of the molecule is OCc1c(Cl)cccc1Sc1cc(F)ccc1F. The molecule has 0 spiro atoms. The maximum absolute atomic E-state index is 13.5. The summed E-state index contributed by atoms with van der Waals surface area (Å²) >= 11 is 6.96. The molecule has 0 radical (unpaired) electrons. The van der Waals surface area contributed by atoms with Crippen molar-refractivity contribution < 1.29 is 13.9 Å². The number of hydrogen-bond acceptors (Lipinski definition) is 2. The number of benzene rings is 2. The molecule has 18 heavy (non-hydrogen) atoms. The first-order chi connectivity index (χ1) is 8.61. The van der Waals surface area contributed by atoms with E-state index < -0.39 is 11.6 Å². The Labute approximate surface area is 112 Å². The van der Waals surface area contributed by atoms with Crippen molar-refractivity contribution >= 4 is 23.4 Å². The van der Waals surface area contributed by atoms with Gasteiger partial charge in [0.15, 0.2) is 0 Å². The molecule has 0 aliphatic heterocycles. The fourth-order valence-electron chi connectivity index (χ4n) is 1.46. The van der Waals surface area contributed by atoms with Gasteiger partial charge in [-0.05, 0) is 30.3 Å². The van der Waals surface area contributed by atoms with Crippen LogP contribution in [0.5, 0.6) is 0 Å². The predicted octanol–water partition coefficient (Wildman–Crippen LogP) is 4.26. The smallest absolute Gasteiger partial charge is 0.137 e. The number of aliphatic hydroxyl groups is 1. The van der Waals surface area contributed by atoms with Crippen LogP contribution in [0.25, 0.3) is 0 Å². The molecule has 0 atom stereocenters. The van der Waals surface area contributed by atoms with Crippen LogP contribution in [0.4, 0.5) is 8.78 Å². The molecule has 94 valence electrons. The van der Waals surface area contributed by atoms with Crippen LogP contribution >= 0.6 is 23.4 Å². The third-order valence-electron chi connectivity index (χ3n) is 2.35. The molecule has 0 aliphatic rings. The van der Waals surface area contributed by atoms with Crippen molar-refractivity contribution in [1.82, 2.24) is 0 Å². The van der Waals surface area contributed by atoms with Crippen LogP contribution in [0.15, 0.2) is 46.2 Å². The van der Waals surface area contributed by atoms with E-state index in [9.17, 15) is 13.9 Å². The molecular formula is C13H9ClF2OS. The lowest BCUT2D eigenvalue weighted by Crippen LogP contribution is -1.90. The van der Waals surface area contributed by atoms with Crippen LogP contribution in [0.3, 0.4) is 0 Å². The summed E-state index contributed by atoms with van der Waals surface area (Å²) in [6, 6.07) is 8.28. The molecular weight excluding hydrogens is 278 g/mol. The largest absolute Gasteiger partial charge is 0.392 e. The van der Waals surface area contributed by atoms with Crippen molar-refractivity contribution in [2.45, 2.75) is 16.4 Å². The average Bonchev–Trinajstić information content (AvgIpc) is 2.34. The first-order valence-corrected chi connectivity index (χ1v) is 6.32. The van der Waals surface area contributed by atoms with Gasteiger partial charge in [-0.2, -0.15) is 0 Å². The Morgan fingerprint density at radius 2 is 1.89 bits per heavy atom. The Morgan fingerprint density at radius 3 is 2.61 bits per heavy atom. The first-order valence-electron chi connectivity index (χ1n) is 5.13. The second-order valence-electron chi connectivity index (χ2n) is 3.55. The van der Waals surface area contributed by atoms with Crippen molar-refractivity contribution in [1.29, 1.82) is 0 Å². The maximum atomic E-state index is 13.5. The minimum absolute atomic E-state index is 0.159. The lowest BCUT2D eigenvalue weighted by atomic mass is 10.2.